The van der Waals surface area contributed by atoms with Gasteiger partial charge in [-0.05, 0) is 18.2 Å². The van der Waals surface area contributed by atoms with E-state index in [2.05, 4.69) is 4.72 Å². The van der Waals surface area contributed by atoms with Crippen LogP contribution in [0.3, 0.4) is 0 Å². The maximum atomic E-state index is 11.5. The minimum Gasteiger partial charge on any atom is -0.478 e. The summed E-state index contributed by atoms with van der Waals surface area (Å²) < 4.78 is 26.2. The van der Waals surface area contributed by atoms with E-state index in [4.69, 9.17) is 16.7 Å². The summed E-state index contributed by atoms with van der Waals surface area (Å²) in [4.78, 5) is 10.7. The Hall–Kier alpha value is -1.31. The topological polar surface area (TPSA) is 86.7 Å². The summed E-state index contributed by atoms with van der Waals surface area (Å²) in [7, 11) is -0.883. The maximum Gasteiger partial charge on any atom is 0.337 e. The third-order valence-electron chi connectivity index (χ3n) is 1.93. The molecule has 0 aromatic heterocycles. The monoisotopic (exact) mass is 278 g/mol. The highest BCUT2D eigenvalue weighted by molar-refractivity contribution is 7.90. The van der Waals surface area contributed by atoms with Gasteiger partial charge in [0.05, 0.1) is 16.3 Å². The molecule has 2 N–H and O–H groups in total. The average molecular weight is 279 g/mol. The van der Waals surface area contributed by atoms with Crippen LogP contribution in [-0.2, 0) is 10.2 Å². The van der Waals surface area contributed by atoms with Crippen LogP contribution in [0.5, 0.6) is 0 Å². The third kappa shape index (κ3) is 3.32. The molecule has 1 aromatic carbocycles. The summed E-state index contributed by atoms with van der Waals surface area (Å²) in [6.45, 7) is 0. The van der Waals surface area contributed by atoms with Gasteiger partial charge < -0.3 is 5.11 Å². The van der Waals surface area contributed by atoms with Crippen molar-refractivity contribution >= 4 is 33.5 Å². The fraction of sp³-hybridized carbons (Fsp3) is 0.222. The van der Waals surface area contributed by atoms with Crippen LogP contribution < -0.4 is 4.72 Å². The minimum absolute atomic E-state index is 0.0311. The van der Waals surface area contributed by atoms with Crippen LogP contribution in [0.25, 0.3) is 0 Å². The van der Waals surface area contributed by atoms with Gasteiger partial charge in [0, 0.05) is 14.1 Å². The van der Waals surface area contributed by atoms with Gasteiger partial charge in [0.15, 0.2) is 0 Å². The van der Waals surface area contributed by atoms with Gasteiger partial charge in [0.25, 0.3) is 0 Å². The maximum absolute atomic E-state index is 11.5. The number of carboxylic acids is 1. The van der Waals surface area contributed by atoms with Crippen molar-refractivity contribution in [2.45, 2.75) is 0 Å². The van der Waals surface area contributed by atoms with Gasteiger partial charge in [0.1, 0.15) is 0 Å². The molecule has 0 saturated heterocycles. The standard InChI is InChI=1S/C9H11ClN2O4S/c1-12(2)17(15,16)11-6-3-4-7(9(13)14)8(10)5-6/h3-5,11H,1-2H3,(H,13,14). The number of aromatic carboxylic acids is 1. The van der Waals surface area contributed by atoms with Gasteiger partial charge in [0.2, 0.25) is 0 Å². The van der Waals surface area contributed by atoms with Crippen molar-refractivity contribution in [1.82, 2.24) is 4.31 Å². The molecular formula is C9H11ClN2O4S. The van der Waals surface area contributed by atoms with Crippen molar-refractivity contribution in [3.63, 3.8) is 0 Å². The zero-order valence-corrected chi connectivity index (χ0v) is 10.7. The Balaban J connectivity index is 3.04. The molecule has 0 atom stereocenters. The second kappa shape index (κ2) is 4.91. The fourth-order valence-corrected chi connectivity index (χ4v) is 1.86. The molecule has 8 heteroatoms. The van der Waals surface area contributed by atoms with E-state index in [1.165, 1.54) is 32.3 Å². The van der Waals surface area contributed by atoms with Gasteiger partial charge in [-0.2, -0.15) is 12.7 Å². The van der Waals surface area contributed by atoms with E-state index < -0.39 is 16.2 Å². The fourth-order valence-electron chi connectivity index (χ4n) is 0.992. The number of anilines is 1. The number of rotatable bonds is 4. The van der Waals surface area contributed by atoms with Gasteiger partial charge in [-0.1, -0.05) is 11.6 Å². The Bertz CT molecular complexity index is 542. The summed E-state index contributed by atoms with van der Waals surface area (Å²) >= 11 is 5.70. The Morgan fingerprint density at radius 1 is 1.41 bits per heavy atom. The predicted octanol–water partition coefficient (Wildman–Crippen LogP) is 1.26. The van der Waals surface area contributed by atoms with Gasteiger partial charge in [-0.25, -0.2) is 4.79 Å². The molecule has 0 bridgehead atoms. The van der Waals surface area contributed by atoms with E-state index in [9.17, 15) is 13.2 Å². The second-order valence-electron chi connectivity index (χ2n) is 3.39. The van der Waals surface area contributed by atoms with E-state index in [0.717, 1.165) is 4.31 Å². The van der Waals surface area contributed by atoms with Crippen LogP contribution in [0.1, 0.15) is 10.4 Å². The highest BCUT2D eigenvalue weighted by Crippen LogP contribution is 2.21. The van der Waals surface area contributed by atoms with E-state index in [1.54, 1.807) is 0 Å². The number of halogens is 1. The van der Waals surface area contributed by atoms with Crippen molar-refractivity contribution in [3.05, 3.63) is 28.8 Å². The molecule has 1 rings (SSSR count). The zero-order chi connectivity index (χ0) is 13.2. The molecule has 0 saturated carbocycles. The molecule has 0 amide bonds. The number of carbonyl (C=O) groups is 1. The SMILES string of the molecule is CN(C)S(=O)(=O)Nc1ccc(C(=O)O)c(Cl)c1. The normalized spacial score (nSPS) is 11.5. The lowest BCUT2D eigenvalue weighted by atomic mass is 10.2. The molecule has 0 unspecified atom stereocenters. The van der Waals surface area contributed by atoms with Crippen LogP contribution in [0.2, 0.25) is 5.02 Å². The lowest BCUT2D eigenvalue weighted by Gasteiger charge is -2.13. The highest BCUT2D eigenvalue weighted by atomic mass is 35.5. The molecule has 17 heavy (non-hydrogen) atoms. The Kier molecular flexibility index (Phi) is 3.97. The molecule has 0 aliphatic rings. The number of nitrogens with one attached hydrogen (secondary N) is 1. The number of nitrogens with zero attached hydrogens (tertiary/aromatic N) is 1. The highest BCUT2D eigenvalue weighted by Gasteiger charge is 2.15. The lowest BCUT2D eigenvalue weighted by Crippen LogP contribution is -2.28. The Labute approximate surface area is 104 Å². The Morgan fingerprint density at radius 3 is 2.41 bits per heavy atom. The molecule has 0 aliphatic carbocycles. The van der Waals surface area contributed by atoms with Crippen LogP contribution in [0, 0.1) is 0 Å². The van der Waals surface area contributed by atoms with Crippen LogP contribution >= 0.6 is 11.6 Å². The average Bonchev–Trinajstić information content (AvgIpc) is 2.15. The molecule has 0 fully saturated rings. The summed E-state index contributed by atoms with van der Waals surface area (Å²) in [6, 6.07) is 3.81. The smallest absolute Gasteiger partial charge is 0.337 e. The van der Waals surface area contributed by atoms with Crippen molar-refractivity contribution in [3.8, 4) is 0 Å². The molecule has 0 aliphatic heterocycles. The third-order valence-corrected chi connectivity index (χ3v) is 3.69. The van der Waals surface area contributed by atoms with E-state index in [-0.39, 0.29) is 16.3 Å². The van der Waals surface area contributed by atoms with Crippen LogP contribution in [0.15, 0.2) is 18.2 Å². The first-order valence-corrected chi connectivity index (χ1v) is 6.29. The predicted molar refractivity (Wildman–Crippen MR) is 64.6 cm³/mol. The molecule has 94 valence electrons. The van der Waals surface area contributed by atoms with Crippen molar-refractivity contribution in [1.29, 1.82) is 0 Å². The van der Waals surface area contributed by atoms with Crippen molar-refractivity contribution < 1.29 is 18.3 Å². The van der Waals surface area contributed by atoms with E-state index in [1.807, 2.05) is 0 Å². The quantitative estimate of drug-likeness (QED) is 0.868. The van der Waals surface area contributed by atoms with Gasteiger partial charge in [-0.3, -0.25) is 4.72 Å². The van der Waals surface area contributed by atoms with E-state index >= 15 is 0 Å². The molecular weight excluding hydrogens is 268 g/mol. The summed E-state index contributed by atoms with van der Waals surface area (Å²) in [5.41, 5.74) is 0.119. The van der Waals surface area contributed by atoms with Gasteiger partial charge in [-0.15, -0.1) is 0 Å². The molecule has 0 radical (unpaired) electrons. The Morgan fingerprint density at radius 2 is 2.00 bits per heavy atom. The molecule has 0 heterocycles. The first kappa shape index (κ1) is 13.8. The summed E-state index contributed by atoms with van der Waals surface area (Å²) in [6.07, 6.45) is 0. The van der Waals surface area contributed by atoms with Crippen LogP contribution in [0.4, 0.5) is 5.69 Å². The largest absolute Gasteiger partial charge is 0.478 e. The van der Waals surface area contributed by atoms with E-state index in [0.29, 0.717) is 0 Å². The second-order valence-corrected chi connectivity index (χ2v) is 5.68. The zero-order valence-electron chi connectivity index (χ0n) is 9.14. The first-order chi connectivity index (χ1) is 7.74. The minimum atomic E-state index is -3.62. The van der Waals surface area contributed by atoms with Crippen LogP contribution in [-0.4, -0.2) is 37.9 Å². The molecule has 1 aromatic rings. The summed E-state index contributed by atoms with van der Waals surface area (Å²) in [5, 5.41) is 8.71. The molecule has 0 spiro atoms. The van der Waals surface area contributed by atoms with Crippen molar-refractivity contribution in [2.75, 3.05) is 18.8 Å². The number of benzene rings is 1. The van der Waals surface area contributed by atoms with Gasteiger partial charge >= 0.3 is 16.2 Å². The summed E-state index contributed by atoms with van der Waals surface area (Å²) in [5.74, 6) is -1.17. The number of carboxylic acid groups (broad SMARTS) is 1. The van der Waals surface area contributed by atoms with Crippen molar-refractivity contribution in [2.24, 2.45) is 0 Å². The molecule has 6 nitrogen and oxygen atoms in total. The lowest BCUT2D eigenvalue weighted by molar-refractivity contribution is 0.0697. The first-order valence-electron chi connectivity index (χ1n) is 4.47. The number of hydrogen-bond donors (Lipinski definition) is 2. The number of hydrogen-bond acceptors (Lipinski definition) is 3.